The van der Waals surface area contributed by atoms with E-state index in [0.717, 1.165) is 18.3 Å². The third-order valence-electron chi connectivity index (χ3n) is 3.30. The van der Waals surface area contributed by atoms with Gasteiger partial charge in [-0.25, -0.2) is 0 Å². The summed E-state index contributed by atoms with van der Waals surface area (Å²) in [4.78, 5) is 16.8. The predicted molar refractivity (Wildman–Crippen MR) is 73.6 cm³/mol. The van der Waals surface area contributed by atoms with Gasteiger partial charge in [0.2, 0.25) is 0 Å². The van der Waals surface area contributed by atoms with Crippen LogP contribution in [0.3, 0.4) is 0 Å². The summed E-state index contributed by atoms with van der Waals surface area (Å²) in [5.74, 6) is -0.0616. The Bertz CT molecular complexity index is 471. The minimum atomic E-state index is -4.50. The SMILES string of the molecule is CC(C)C(N)CCN(C)C(=O)c1ccc(C(F)(F)F)nc1. The predicted octanol–water partition coefficient (Wildman–Crippen LogP) is 2.55. The minimum absolute atomic E-state index is 0.0222. The molecule has 1 rings (SSSR count). The van der Waals surface area contributed by atoms with E-state index in [-0.39, 0.29) is 17.5 Å². The first-order chi connectivity index (χ1) is 9.62. The topological polar surface area (TPSA) is 59.2 Å². The Balaban J connectivity index is 2.66. The van der Waals surface area contributed by atoms with E-state index in [2.05, 4.69) is 4.98 Å². The smallest absolute Gasteiger partial charge is 0.342 e. The number of halogens is 3. The molecule has 2 N–H and O–H groups in total. The monoisotopic (exact) mass is 303 g/mol. The van der Waals surface area contributed by atoms with Crippen LogP contribution in [0.15, 0.2) is 18.3 Å². The maximum Gasteiger partial charge on any atom is 0.433 e. The van der Waals surface area contributed by atoms with Gasteiger partial charge in [0.05, 0.1) is 5.56 Å². The highest BCUT2D eigenvalue weighted by molar-refractivity contribution is 5.93. The molecule has 0 spiro atoms. The van der Waals surface area contributed by atoms with Crippen molar-refractivity contribution >= 4 is 5.91 Å². The third-order valence-corrected chi connectivity index (χ3v) is 3.30. The van der Waals surface area contributed by atoms with E-state index >= 15 is 0 Å². The molecule has 0 saturated heterocycles. The fourth-order valence-electron chi connectivity index (χ4n) is 1.69. The summed E-state index contributed by atoms with van der Waals surface area (Å²) in [5, 5.41) is 0. The molecule has 0 saturated carbocycles. The molecule has 0 aliphatic carbocycles. The first-order valence-corrected chi connectivity index (χ1v) is 6.67. The number of nitrogens with two attached hydrogens (primary N) is 1. The second kappa shape index (κ2) is 6.89. The second-order valence-electron chi connectivity index (χ2n) is 5.35. The number of rotatable bonds is 5. The van der Waals surface area contributed by atoms with Crippen molar-refractivity contribution in [2.24, 2.45) is 11.7 Å². The average Bonchev–Trinajstić information content (AvgIpc) is 2.42. The van der Waals surface area contributed by atoms with Crippen molar-refractivity contribution in [3.8, 4) is 0 Å². The van der Waals surface area contributed by atoms with E-state index in [9.17, 15) is 18.0 Å². The summed E-state index contributed by atoms with van der Waals surface area (Å²) >= 11 is 0. The molecule has 1 aromatic heterocycles. The standard InChI is InChI=1S/C14H20F3N3O/c1-9(2)11(18)6-7-20(3)13(21)10-4-5-12(19-8-10)14(15,16)17/h4-5,8-9,11H,6-7,18H2,1-3H3. The Labute approximate surface area is 122 Å². The van der Waals surface area contributed by atoms with Crippen LogP contribution in [-0.4, -0.2) is 35.4 Å². The van der Waals surface area contributed by atoms with Gasteiger partial charge in [-0.3, -0.25) is 9.78 Å². The van der Waals surface area contributed by atoms with Crippen LogP contribution in [0.25, 0.3) is 0 Å². The molecule has 118 valence electrons. The zero-order valence-corrected chi connectivity index (χ0v) is 12.3. The van der Waals surface area contributed by atoms with E-state index in [0.29, 0.717) is 18.9 Å². The first-order valence-electron chi connectivity index (χ1n) is 6.67. The van der Waals surface area contributed by atoms with Crippen molar-refractivity contribution in [1.29, 1.82) is 0 Å². The molecule has 1 aromatic rings. The fourth-order valence-corrected chi connectivity index (χ4v) is 1.69. The Kier molecular flexibility index (Phi) is 5.71. The molecular weight excluding hydrogens is 283 g/mol. The summed E-state index contributed by atoms with van der Waals surface area (Å²) < 4.78 is 37.2. The van der Waals surface area contributed by atoms with Gasteiger partial charge in [-0.15, -0.1) is 0 Å². The first kappa shape index (κ1) is 17.4. The van der Waals surface area contributed by atoms with Gasteiger partial charge in [0, 0.05) is 25.8 Å². The maximum absolute atomic E-state index is 12.4. The molecule has 4 nitrogen and oxygen atoms in total. The van der Waals surface area contributed by atoms with Crippen LogP contribution in [-0.2, 0) is 6.18 Å². The number of carbonyl (C=O) groups excluding carboxylic acids is 1. The minimum Gasteiger partial charge on any atom is -0.342 e. The molecule has 0 bridgehead atoms. The second-order valence-corrected chi connectivity index (χ2v) is 5.35. The van der Waals surface area contributed by atoms with Crippen LogP contribution in [0.2, 0.25) is 0 Å². The van der Waals surface area contributed by atoms with Gasteiger partial charge in [-0.1, -0.05) is 13.8 Å². The van der Waals surface area contributed by atoms with Gasteiger partial charge in [0.25, 0.3) is 5.91 Å². The highest BCUT2D eigenvalue weighted by Gasteiger charge is 2.32. The average molecular weight is 303 g/mol. The molecule has 7 heteroatoms. The van der Waals surface area contributed by atoms with Crippen LogP contribution in [0.1, 0.15) is 36.3 Å². The van der Waals surface area contributed by atoms with Crippen LogP contribution < -0.4 is 5.73 Å². The van der Waals surface area contributed by atoms with Crippen molar-refractivity contribution in [3.63, 3.8) is 0 Å². The van der Waals surface area contributed by atoms with Crippen molar-refractivity contribution < 1.29 is 18.0 Å². The number of amides is 1. The van der Waals surface area contributed by atoms with Crippen LogP contribution in [0, 0.1) is 5.92 Å². The van der Waals surface area contributed by atoms with Crippen molar-refractivity contribution in [2.75, 3.05) is 13.6 Å². The molecule has 0 radical (unpaired) electrons. The van der Waals surface area contributed by atoms with Crippen molar-refractivity contribution in [1.82, 2.24) is 9.88 Å². The Morgan fingerprint density at radius 2 is 2.00 bits per heavy atom. The summed E-state index contributed by atoms with van der Waals surface area (Å²) in [7, 11) is 1.59. The lowest BCUT2D eigenvalue weighted by Gasteiger charge is -2.21. The number of carbonyl (C=O) groups is 1. The lowest BCUT2D eigenvalue weighted by atomic mass is 10.0. The van der Waals surface area contributed by atoms with Crippen LogP contribution in [0.5, 0.6) is 0 Å². The summed E-state index contributed by atoms with van der Waals surface area (Å²) in [5.41, 5.74) is 5.01. The summed E-state index contributed by atoms with van der Waals surface area (Å²) in [6.07, 6.45) is -2.92. The molecular formula is C14H20F3N3O. The molecule has 0 aliphatic rings. The lowest BCUT2D eigenvalue weighted by Crippen LogP contribution is -2.34. The molecule has 1 heterocycles. The normalized spacial score (nSPS) is 13.3. The van der Waals surface area contributed by atoms with Crippen molar-refractivity contribution in [2.45, 2.75) is 32.5 Å². The maximum atomic E-state index is 12.4. The Morgan fingerprint density at radius 3 is 2.43 bits per heavy atom. The van der Waals surface area contributed by atoms with E-state index in [4.69, 9.17) is 5.73 Å². The summed E-state index contributed by atoms with van der Waals surface area (Å²) in [6.45, 7) is 4.43. The number of nitrogens with zero attached hydrogens (tertiary/aromatic N) is 2. The highest BCUT2D eigenvalue weighted by Crippen LogP contribution is 2.27. The van der Waals surface area contributed by atoms with Crippen LogP contribution in [0.4, 0.5) is 13.2 Å². The fraction of sp³-hybridized carbons (Fsp3) is 0.571. The van der Waals surface area contributed by atoms with E-state index in [1.807, 2.05) is 13.8 Å². The zero-order valence-electron chi connectivity index (χ0n) is 12.3. The Morgan fingerprint density at radius 1 is 1.38 bits per heavy atom. The summed E-state index contributed by atoms with van der Waals surface area (Å²) in [6, 6.07) is 1.92. The quantitative estimate of drug-likeness (QED) is 0.909. The lowest BCUT2D eigenvalue weighted by molar-refractivity contribution is -0.141. The van der Waals surface area contributed by atoms with Gasteiger partial charge in [0.1, 0.15) is 5.69 Å². The molecule has 1 atom stereocenters. The van der Waals surface area contributed by atoms with E-state index < -0.39 is 11.9 Å². The number of aromatic nitrogens is 1. The van der Waals surface area contributed by atoms with Gasteiger partial charge in [0.15, 0.2) is 0 Å². The van der Waals surface area contributed by atoms with E-state index in [1.54, 1.807) is 7.05 Å². The number of hydrogen-bond acceptors (Lipinski definition) is 3. The third kappa shape index (κ3) is 5.00. The molecule has 0 aromatic carbocycles. The van der Waals surface area contributed by atoms with Crippen LogP contribution >= 0.6 is 0 Å². The zero-order chi connectivity index (χ0) is 16.2. The van der Waals surface area contributed by atoms with Gasteiger partial charge in [-0.05, 0) is 24.5 Å². The van der Waals surface area contributed by atoms with Crippen molar-refractivity contribution in [3.05, 3.63) is 29.6 Å². The molecule has 0 fully saturated rings. The number of hydrogen-bond donors (Lipinski definition) is 1. The number of pyridine rings is 1. The van der Waals surface area contributed by atoms with E-state index in [1.165, 1.54) is 4.90 Å². The number of alkyl halides is 3. The van der Waals surface area contributed by atoms with Gasteiger partial charge < -0.3 is 10.6 Å². The molecule has 1 amide bonds. The highest BCUT2D eigenvalue weighted by atomic mass is 19.4. The molecule has 0 aliphatic heterocycles. The Hall–Kier alpha value is -1.63. The van der Waals surface area contributed by atoms with Gasteiger partial charge >= 0.3 is 6.18 Å². The molecule has 1 unspecified atom stereocenters. The molecule has 21 heavy (non-hydrogen) atoms. The largest absolute Gasteiger partial charge is 0.433 e. The van der Waals surface area contributed by atoms with Gasteiger partial charge in [-0.2, -0.15) is 13.2 Å².